The number of carbonyl (C=O) groups is 1. The van der Waals surface area contributed by atoms with E-state index in [1.54, 1.807) is 4.90 Å². The molecule has 9 heteroatoms. The molecule has 2 aromatic rings. The summed E-state index contributed by atoms with van der Waals surface area (Å²) in [6.07, 6.45) is 6.85. The number of hydrogen-bond acceptors (Lipinski definition) is 8. The maximum absolute atomic E-state index is 12.5. The lowest BCUT2D eigenvalue weighted by Gasteiger charge is -2.46. The van der Waals surface area contributed by atoms with Crippen molar-refractivity contribution in [1.82, 2.24) is 24.7 Å². The van der Waals surface area contributed by atoms with Crippen LogP contribution in [0.5, 0.6) is 6.01 Å². The number of rotatable bonds is 6. The van der Waals surface area contributed by atoms with E-state index < -0.39 is 0 Å². The number of nitriles is 1. The van der Waals surface area contributed by atoms with E-state index in [0.717, 1.165) is 55.8 Å². The smallest absolute Gasteiger partial charge is 0.318 e. The summed E-state index contributed by atoms with van der Waals surface area (Å²) in [5.74, 6) is 0.747. The highest BCUT2D eigenvalue weighted by atomic mass is 16.5. The fraction of sp³-hybridized carbons (Fsp3) is 0.548. The first-order chi connectivity index (χ1) is 19.4. The second kappa shape index (κ2) is 10.8. The van der Waals surface area contributed by atoms with Crippen molar-refractivity contribution >= 4 is 11.7 Å². The molecule has 0 bridgehead atoms. The van der Waals surface area contributed by atoms with Gasteiger partial charge >= 0.3 is 6.01 Å². The van der Waals surface area contributed by atoms with Crippen LogP contribution in [-0.2, 0) is 29.7 Å². The van der Waals surface area contributed by atoms with Crippen LogP contribution in [0, 0.1) is 11.3 Å². The summed E-state index contributed by atoms with van der Waals surface area (Å²) >= 11 is 0. The molecule has 1 spiro atoms. The Bertz CT molecular complexity index is 1340. The van der Waals surface area contributed by atoms with Gasteiger partial charge in [-0.05, 0) is 63.5 Å². The second-order valence-electron chi connectivity index (χ2n) is 11.8. The van der Waals surface area contributed by atoms with Gasteiger partial charge in [-0.2, -0.15) is 15.2 Å². The molecule has 9 nitrogen and oxygen atoms in total. The number of piperazine rings is 1. The average molecular weight is 542 g/mol. The van der Waals surface area contributed by atoms with Gasteiger partial charge in [0, 0.05) is 44.2 Å². The average Bonchev–Trinajstić information content (AvgIpc) is 3.55. The van der Waals surface area contributed by atoms with Gasteiger partial charge in [-0.15, -0.1) is 0 Å². The van der Waals surface area contributed by atoms with Crippen LogP contribution in [0.1, 0.15) is 48.1 Å². The van der Waals surface area contributed by atoms with Crippen molar-refractivity contribution in [2.45, 2.75) is 62.7 Å². The minimum Gasteiger partial charge on any atom is -0.462 e. The maximum atomic E-state index is 12.5. The van der Waals surface area contributed by atoms with Gasteiger partial charge in [0.15, 0.2) is 0 Å². The number of aromatic nitrogens is 2. The Morgan fingerprint density at radius 3 is 2.85 bits per heavy atom. The zero-order chi connectivity index (χ0) is 27.9. The number of ether oxygens (including phenoxy) is 1. The number of amides is 1. The number of aryl methyl sites for hydroxylation is 1. The minimum absolute atomic E-state index is 0.0867. The van der Waals surface area contributed by atoms with Crippen LogP contribution in [0.15, 0.2) is 36.9 Å². The summed E-state index contributed by atoms with van der Waals surface area (Å²) in [4.78, 5) is 31.4. The topological polar surface area (TPSA) is 88.8 Å². The maximum Gasteiger partial charge on any atom is 0.318 e. The van der Waals surface area contributed by atoms with E-state index in [1.165, 1.54) is 23.6 Å². The SMILES string of the molecule is C=CC(=O)N1CCN(c2nc(OC[C@@H]3CCCN3C)nc3c2CN(C)C2(CCc4ccccc42)C3)C[C@@H]1CC#N. The third kappa shape index (κ3) is 4.63. The highest BCUT2D eigenvalue weighted by Gasteiger charge is 2.46. The van der Waals surface area contributed by atoms with E-state index in [-0.39, 0.29) is 23.9 Å². The predicted octanol–water partition coefficient (Wildman–Crippen LogP) is 2.90. The Kier molecular flexibility index (Phi) is 7.24. The Hall–Kier alpha value is -3.48. The molecule has 1 unspecified atom stereocenters. The highest BCUT2D eigenvalue weighted by Crippen LogP contribution is 2.48. The Labute approximate surface area is 237 Å². The summed E-state index contributed by atoms with van der Waals surface area (Å²) in [6.45, 7) is 7.75. The van der Waals surface area contributed by atoms with E-state index in [9.17, 15) is 10.1 Å². The van der Waals surface area contributed by atoms with Crippen LogP contribution >= 0.6 is 0 Å². The molecule has 4 aliphatic rings. The molecule has 4 heterocycles. The predicted molar refractivity (Wildman–Crippen MR) is 153 cm³/mol. The number of anilines is 1. The molecule has 3 atom stereocenters. The Morgan fingerprint density at radius 2 is 2.08 bits per heavy atom. The molecule has 2 saturated heterocycles. The van der Waals surface area contributed by atoms with Crippen molar-refractivity contribution < 1.29 is 9.53 Å². The lowest BCUT2D eigenvalue weighted by molar-refractivity contribution is -0.128. The zero-order valence-electron chi connectivity index (χ0n) is 23.7. The van der Waals surface area contributed by atoms with Gasteiger partial charge in [-0.1, -0.05) is 30.8 Å². The summed E-state index contributed by atoms with van der Waals surface area (Å²) in [5, 5.41) is 9.52. The van der Waals surface area contributed by atoms with Gasteiger partial charge in [0.25, 0.3) is 0 Å². The molecular weight excluding hydrogens is 502 g/mol. The normalized spacial score (nSPS) is 26.4. The third-order valence-corrected chi connectivity index (χ3v) is 9.61. The third-order valence-electron chi connectivity index (χ3n) is 9.61. The van der Waals surface area contributed by atoms with Gasteiger partial charge in [-0.3, -0.25) is 9.69 Å². The number of likely N-dealkylation sites (N-methyl/N-ethyl adjacent to an activating group) is 2. The van der Waals surface area contributed by atoms with Gasteiger partial charge in [0.2, 0.25) is 5.91 Å². The van der Waals surface area contributed by atoms with Gasteiger partial charge in [0.05, 0.1) is 29.8 Å². The lowest BCUT2D eigenvalue weighted by Crippen LogP contribution is -2.55. The number of hydrogen-bond donors (Lipinski definition) is 0. The number of likely N-dealkylation sites (tertiary alicyclic amines) is 1. The molecule has 3 aliphatic heterocycles. The molecule has 1 aromatic carbocycles. The molecule has 1 aromatic heterocycles. The quantitative estimate of drug-likeness (QED) is 0.516. The first-order valence-corrected chi connectivity index (χ1v) is 14.5. The Balaban J connectivity index is 1.36. The molecule has 40 heavy (non-hydrogen) atoms. The molecular formula is C31H39N7O2. The highest BCUT2D eigenvalue weighted by molar-refractivity contribution is 5.87. The summed E-state index contributed by atoms with van der Waals surface area (Å²) in [6, 6.07) is 11.7. The Morgan fingerprint density at radius 1 is 1.23 bits per heavy atom. The summed E-state index contributed by atoms with van der Waals surface area (Å²) in [7, 11) is 4.37. The van der Waals surface area contributed by atoms with Crippen LogP contribution in [0.3, 0.4) is 0 Å². The van der Waals surface area contributed by atoms with E-state index in [2.05, 4.69) is 65.7 Å². The molecule has 1 aliphatic carbocycles. The van der Waals surface area contributed by atoms with Crippen LogP contribution in [0.2, 0.25) is 0 Å². The van der Waals surface area contributed by atoms with Crippen molar-refractivity contribution in [2.75, 3.05) is 51.8 Å². The van der Waals surface area contributed by atoms with Crippen molar-refractivity contribution in [1.29, 1.82) is 5.26 Å². The van der Waals surface area contributed by atoms with Crippen LogP contribution in [-0.4, -0.2) is 89.5 Å². The van der Waals surface area contributed by atoms with Crippen molar-refractivity contribution in [3.05, 3.63) is 59.3 Å². The second-order valence-corrected chi connectivity index (χ2v) is 11.8. The van der Waals surface area contributed by atoms with Crippen molar-refractivity contribution in [2.24, 2.45) is 0 Å². The number of fused-ring (bicyclic) bond motifs is 3. The van der Waals surface area contributed by atoms with Gasteiger partial charge in [-0.25, -0.2) is 0 Å². The van der Waals surface area contributed by atoms with Crippen molar-refractivity contribution in [3.8, 4) is 12.1 Å². The first-order valence-electron chi connectivity index (χ1n) is 14.5. The van der Waals surface area contributed by atoms with E-state index >= 15 is 0 Å². The van der Waals surface area contributed by atoms with Gasteiger partial charge in [0.1, 0.15) is 12.4 Å². The number of nitrogens with zero attached hydrogens (tertiary/aromatic N) is 7. The standard InChI is InChI=1S/C31H39N7O2/c1-4-28(39)38-17-16-37(19-23(38)12-14-32)29-25-20-36(3)31(13-11-22-8-5-6-10-26(22)31)18-27(25)33-30(34-29)40-21-24-9-7-15-35(24)2/h4-6,8,10,23-24H,1,7,9,11-13,15-21H2,2-3H3/t23-,24-,31?/m0/s1. The molecule has 0 radical (unpaired) electrons. The fourth-order valence-electron chi connectivity index (χ4n) is 7.27. The monoisotopic (exact) mass is 541 g/mol. The summed E-state index contributed by atoms with van der Waals surface area (Å²) < 4.78 is 6.32. The lowest BCUT2D eigenvalue weighted by atomic mass is 9.81. The molecule has 1 amide bonds. The number of benzene rings is 1. The summed E-state index contributed by atoms with van der Waals surface area (Å²) in [5.41, 5.74) is 4.92. The van der Waals surface area contributed by atoms with Gasteiger partial charge < -0.3 is 19.4 Å². The molecule has 0 saturated carbocycles. The fourth-order valence-corrected chi connectivity index (χ4v) is 7.27. The van der Waals surface area contributed by atoms with E-state index in [4.69, 9.17) is 14.7 Å². The minimum atomic E-state index is -0.222. The van der Waals surface area contributed by atoms with Crippen LogP contribution in [0.4, 0.5) is 5.82 Å². The van der Waals surface area contributed by atoms with Crippen LogP contribution < -0.4 is 9.64 Å². The largest absolute Gasteiger partial charge is 0.462 e. The molecule has 6 rings (SSSR count). The molecule has 210 valence electrons. The van der Waals surface area contributed by atoms with Crippen LogP contribution in [0.25, 0.3) is 0 Å². The van der Waals surface area contributed by atoms with E-state index in [0.29, 0.717) is 38.3 Å². The number of carbonyl (C=O) groups excluding carboxylic acids is 1. The first kappa shape index (κ1) is 26.7. The van der Waals surface area contributed by atoms with E-state index in [1.807, 2.05) is 0 Å². The zero-order valence-corrected chi connectivity index (χ0v) is 23.7. The van der Waals surface area contributed by atoms with Crippen molar-refractivity contribution in [3.63, 3.8) is 0 Å². The molecule has 0 N–H and O–H groups in total. The molecule has 2 fully saturated rings.